The number of rotatable bonds is 4. The third-order valence-electron chi connectivity index (χ3n) is 4.55. The highest BCUT2D eigenvalue weighted by molar-refractivity contribution is 7.91. The van der Waals surface area contributed by atoms with Gasteiger partial charge < -0.3 is 0 Å². The maximum atomic E-state index is 13.3. The minimum Gasteiger partial charge on any atom is -0.276 e. The molecule has 1 unspecified atom stereocenters. The van der Waals surface area contributed by atoms with Crippen LogP contribution in [0, 0.1) is 0 Å². The van der Waals surface area contributed by atoms with E-state index < -0.39 is 16.1 Å². The van der Waals surface area contributed by atoms with Crippen molar-refractivity contribution in [2.45, 2.75) is 30.3 Å². The predicted octanol–water partition coefficient (Wildman–Crippen LogP) is 2.57. The van der Waals surface area contributed by atoms with Crippen LogP contribution in [0.1, 0.15) is 24.4 Å². The van der Waals surface area contributed by atoms with Crippen LogP contribution in [0.3, 0.4) is 0 Å². The number of benzene rings is 1. The zero-order valence-corrected chi connectivity index (χ0v) is 16.8. The van der Waals surface area contributed by atoms with Crippen LogP contribution in [0.5, 0.6) is 0 Å². The Bertz CT molecular complexity index is 1130. The van der Waals surface area contributed by atoms with Gasteiger partial charge in [-0.3, -0.25) is 4.57 Å². The number of thiophene rings is 1. The number of halogens is 1. The minimum absolute atomic E-state index is 0.180. The number of hydrogen-bond acceptors (Lipinski definition) is 5. The summed E-state index contributed by atoms with van der Waals surface area (Å²) in [6.07, 6.45) is 0. The third kappa shape index (κ3) is 3.04. The predicted molar refractivity (Wildman–Crippen MR) is 104 cm³/mol. The van der Waals surface area contributed by atoms with Gasteiger partial charge in [0.1, 0.15) is 10.3 Å². The normalized spacial score (nSPS) is 17.8. The molecular formula is C17H17ClN4O3S2. The molecule has 1 aromatic carbocycles. The van der Waals surface area contributed by atoms with Crippen LogP contribution in [0.25, 0.3) is 0 Å². The van der Waals surface area contributed by atoms with E-state index in [0.717, 1.165) is 16.9 Å². The summed E-state index contributed by atoms with van der Waals surface area (Å²) in [6, 6.07) is 11.7. The molecule has 0 aliphatic carbocycles. The van der Waals surface area contributed by atoms with Crippen molar-refractivity contribution in [3.05, 3.63) is 68.7 Å². The van der Waals surface area contributed by atoms with Gasteiger partial charge >= 0.3 is 5.69 Å². The van der Waals surface area contributed by atoms with Crippen molar-refractivity contribution in [1.29, 1.82) is 0 Å². The van der Waals surface area contributed by atoms with E-state index in [0.29, 0.717) is 16.7 Å². The summed E-state index contributed by atoms with van der Waals surface area (Å²) in [4.78, 5) is 12.5. The van der Waals surface area contributed by atoms with Crippen molar-refractivity contribution in [3.8, 4) is 0 Å². The summed E-state index contributed by atoms with van der Waals surface area (Å²) in [7, 11) is -3.79. The highest BCUT2D eigenvalue weighted by atomic mass is 35.5. The number of aryl methyl sites for hydroxylation is 1. The number of fused-ring (bicyclic) bond motifs is 1. The van der Waals surface area contributed by atoms with Crippen LogP contribution < -0.4 is 5.69 Å². The molecule has 1 aliphatic rings. The first kappa shape index (κ1) is 18.4. The van der Waals surface area contributed by atoms with Crippen molar-refractivity contribution in [2.24, 2.45) is 0 Å². The van der Waals surface area contributed by atoms with Gasteiger partial charge in [-0.05, 0) is 24.6 Å². The van der Waals surface area contributed by atoms with Crippen molar-refractivity contribution in [2.75, 3.05) is 6.54 Å². The fourth-order valence-corrected chi connectivity index (χ4v) is 6.47. The van der Waals surface area contributed by atoms with E-state index in [1.54, 1.807) is 10.6 Å². The van der Waals surface area contributed by atoms with E-state index in [4.69, 9.17) is 11.6 Å². The zero-order chi connectivity index (χ0) is 19.2. The number of aromatic nitrogens is 3. The molecule has 0 bridgehead atoms. The van der Waals surface area contributed by atoms with Crippen LogP contribution in [-0.4, -0.2) is 33.6 Å². The van der Waals surface area contributed by atoms with E-state index in [-0.39, 0.29) is 23.0 Å². The second-order valence-corrected chi connectivity index (χ2v) is 9.93. The molecule has 0 radical (unpaired) electrons. The molecule has 0 saturated heterocycles. The van der Waals surface area contributed by atoms with Gasteiger partial charge in [0, 0.05) is 19.6 Å². The van der Waals surface area contributed by atoms with E-state index in [9.17, 15) is 13.2 Å². The lowest BCUT2D eigenvalue weighted by atomic mass is 10.1. The number of sulfonamides is 1. The second-order valence-electron chi connectivity index (χ2n) is 6.10. The number of hydrogen-bond donors (Lipinski definition) is 0. The van der Waals surface area contributed by atoms with E-state index in [1.165, 1.54) is 15.1 Å². The summed E-state index contributed by atoms with van der Waals surface area (Å²) in [5, 5.41) is 4.43. The maximum Gasteiger partial charge on any atom is 0.346 e. The van der Waals surface area contributed by atoms with Crippen LogP contribution in [0.4, 0.5) is 0 Å². The van der Waals surface area contributed by atoms with E-state index in [2.05, 4.69) is 5.10 Å². The van der Waals surface area contributed by atoms with Gasteiger partial charge in [0.15, 0.2) is 5.82 Å². The summed E-state index contributed by atoms with van der Waals surface area (Å²) < 4.78 is 31.6. The first-order chi connectivity index (χ1) is 12.9. The van der Waals surface area contributed by atoms with Gasteiger partial charge in [0.25, 0.3) is 10.0 Å². The summed E-state index contributed by atoms with van der Waals surface area (Å²) in [6.45, 7) is 2.70. The molecule has 0 fully saturated rings. The number of nitrogens with zero attached hydrogens (tertiary/aromatic N) is 4. The lowest BCUT2D eigenvalue weighted by Crippen LogP contribution is -2.44. The Balaban J connectivity index is 1.90. The van der Waals surface area contributed by atoms with Crippen LogP contribution in [0.2, 0.25) is 4.34 Å². The van der Waals surface area contributed by atoms with Crippen LogP contribution >= 0.6 is 22.9 Å². The Morgan fingerprint density at radius 1 is 1.19 bits per heavy atom. The zero-order valence-electron chi connectivity index (χ0n) is 14.4. The van der Waals surface area contributed by atoms with Gasteiger partial charge in [-0.15, -0.1) is 11.3 Å². The Kier molecular flexibility index (Phi) is 4.71. The van der Waals surface area contributed by atoms with Crippen molar-refractivity contribution in [1.82, 2.24) is 18.7 Å². The SMILES string of the molecule is CCn1nc2n(c1=O)CCN(S(=O)(=O)c1ccc(Cl)s1)C2c1ccccc1. The Morgan fingerprint density at radius 3 is 2.56 bits per heavy atom. The van der Waals surface area contributed by atoms with Crippen molar-refractivity contribution in [3.63, 3.8) is 0 Å². The third-order valence-corrected chi connectivity index (χ3v) is 8.12. The topological polar surface area (TPSA) is 77.2 Å². The Hall–Kier alpha value is -1.94. The lowest BCUT2D eigenvalue weighted by molar-refractivity contribution is 0.290. The molecule has 3 heterocycles. The molecule has 1 atom stereocenters. The van der Waals surface area contributed by atoms with Gasteiger partial charge in [-0.25, -0.2) is 17.9 Å². The van der Waals surface area contributed by atoms with E-state index >= 15 is 0 Å². The highest BCUT2D eigenvalue weighted by Crippen LogP contribution is 2.37. The molecule has 0 N–H and O–H groups in total. The Labute approximate surface area is 165 Å². The molecule has 0 spiro atoms. The average Bonchev–Trinajstić information content (AvgIpc) is 3.25. The highest BCUT2D eigenvalue weighted by Gasteiger charge is 2.40. The van der Waals surface area contributed by atoms with Gasteiger partial charge in [-0.1, -0.05) is 41.9 Å². The second kappa shape index (κ2) is 6.90. The van der Waals surface area contributed by atoms with Crippen LogP contribution in [0.15, 0.2) is 51.5 Å². The molecule has 142 valence electrons. The smallest absolute Gasteiger partial charge is 0.276 e. The average molecular weight is 425 g/mol. The molecule has 7 nitrogen and oxygen atoms in total. The van der Waals surface area contributed by atoms with Gasteiger partial charge in [-0.2, -0.15) is 9.40 Å². The summed E-state index contributed by atoms with van der Waals surface area (Å²) in [5.41, 5.74) is 0.544. The molecule has 3 aromatic rings. The fraction of sp³-hybridized carbons (Fsp3) is 0.294. The molecule has 0 amide bonds. The molecule has 1 aliphatic heterocycles. The summed E-state index contributed by atoms with van der Waals surface area (Å²) >= 11 is 6.98. The van der Waals surface area contributed by atoms with Gasteiger partial charge in [0.2, 0.25) is 0 Å². The van der Waals surface area contributed by atoms with Gasteiger partial charge in [0.05, 0.1) is 4.34 Å². The largest absolute Gasteiger partial charge is 0.346 e. The molecule has 4 rings (SSSR count). The molecule has 2 aromatic heterocycles. The molecular weight excluding hydrogens is 408 g/mol. The Morgan fingerprint density at radius 2 is 1.93 bits per heavy atom. The summed E-state index contributed by atoms with van der Waals surface area (Å²) in [5.74, 6) is 0.436. The minimum atomic E-state index is -3.79. The fourth-order valence-electron chi connectivity index (χ4n) is 3.29. The van der Waals surface area contributed by atoms with Crippen molar-refractivity contribution < 1.29 is 8.42 Å². The standard InChI is InChI=1S/C17H17ClN4O3S2/c1-2-21-17(23)20-10-11-22(27(24,25)14-9-8-13(18)26-14)15(16(20)19-21)12-6-4-3-5-7-12/h3-9,15H,2,10-11H2,1H3. The lowest BCUT2D eigenvalue weighted by Gasteiger charge is -2.34. The quantitative estimate of drug-likeness (QED) is 0.645. The van der Waals surface area contributed by atoms with E-state index in [1.807, 2.05) is 37.3 Å². The van der Waals surface area contributed by atoms with Crippen LogP contribution in [-0.2, 0) is 23.1 Å². The first-order valence-corrected chi connectivity index (χ1v) is 11.1. The molecule has 27 heavy (non-hydrogen) atoms. The first-order valence-electron chi connectivity index (χ1n) is 8.43. The molecule has 0 saturated carbocycles. The molecule has 10 heteroatoms. The maximum absolute atomic E-state index is 13.3. The van der Waals surface area contributed by atoms with Crippen molar-refractivity contribution >= 4 is 33.0 Å². The monoisotopic (exact) mass is 424 g/mol.